The van der Waals surface area contributed by atoms with Crippen LogP contribution in [-0.2, 0) is 11.3 Å². The highest BCUT2D eigenvalue weighted by Gasteiger charge is 2.19. The molecule has 3 aromatic carbocycles. The summed E-state index contributed by atoms with van der Waals surface area (Å²) in [6.45, 7) is -0.460. The maximum Gasteiger partial charge on any atom is 0.336 e. The van der Waals surface area contributed by atoms with E-state index >= 15 is 0 Å². The second-order valence-electron chi connectivity index (χ2n) is 7.24. The van der Waals surface area contributed by atoms with Crippen LogP contribution < -0.4 is 26.0 Å². The van der Waals surface area contributed by atoms with Gasteiger partial charge in [-0.2, -0.15) is 0 Å². The van der Waals surface area contributed by atoms with Gasteiger partial charge in [0.1, 0.15) is 12.4 Å². The lowest BCUT2D eigenvalue weighted by Crippen LogP contribution is -2.41. The lowest BCUT2D eigenvalue weighted by Gasteiger charge is -2.15. The van der Waals surface area contributed by atoms with E-state index in [-0.39, 0.29) is 21.6 Å². The normalized spacial score (nSPS) is 10.8. The molecule has 4 rings (SSSR count). The maximum atomic E-state index is 14.5. The molecule has 0 saturated carbocycles. The number of amides is 1. The number of para-hydroxylation sites is 1. The molecule has 8 nitrogen and oxygen atoms in total. The van der Waals surface area contributed by atoms with Crippen LogP contribution in [0.2, 0.25) is 5.02 Å². The van der Waals surface area contributed by atoms with Crippen LogP contribution in [0.25, 0.3) is 16.6 Å². The Morgan fingerprint density at radius 3 is 2.44 bits per heavy atom. The van der Waals surface area contributed by atoms with E-state index in [1.54, 1.807) is 18.2 Å². The molecule has 0 aliphatic carbocycles. The van der Waals surface area contributed by atoms with Crippen molar-refractivity contribution < 1.29 is 18.7 Å². The zero-order valence-corrected chi connectivity index (χ0v) is 18.9. The molecule has 0 fully saturated rings. The number of rotatable bonds is 6. The molecule has 0 unspecified atom stereocenters. The van der Waals surface area contributed by atoms with E-state index in [4.69, 9.17) is 21.1 Å². The Morgan fingerprint density at radius 2 is 1.74 bits per heavy atom. The van der Waals surface area contributed by atoms with E-state index in [1.807, 2.05) is 0 Å². The van der Waals surface area contributed by atoms with Gasteiger partial charge in [-0.15, -0.1) is 0 Å². The number of nitrogens with zero attached hydrogens (tertiary/aromatic N) is 2. The summed E-state index contributed by atoms with van der Waals surface area (Å²) in [6, 6.07) is 14.5. The molecule has 0 bridgehead atoms. The van der Waals surface area contributed by atoms with Gasteiger partial charge in [0.2, 0.25) is 5.91 Å². The fraction of sp³-hybridized carbons (Fsp3) is 0.125. The van der Waals surface area contributed by atoms with Crippen LogP contribution >= 0.6 is 11.6 Å². The Bertz CT molecular complexity index is 1530. The van der Waals surface area contributed by atoms with Gasteiger partial charge in [0, 0.05) is 16.8 Å². The van der Waals surface area contributed by atoms with Crippen LogP contribution in [0.15, 0.2) is 70.3 Å². The number of methoxy groups -OCH3 is 2. The summed E-state index contributed by atoms with van der Waals surface area (Å²) < 4.78 is 26.7. The van der Waals surface area contributed by atoms with Gasteiger partial charge in [0.25, 0.3) is 5.56 Å². The van der Waals surface area contributed by atoms with Crippen molar-refractivity contribution in [1.82, 2.24) is 9.13 Å². The van der Waals surface area contributed by atoms with E-state index in [0.29, 0.717) is 21.8 Å². The Hall–Kier alpha value is -4.11. The number of halogens is 2. The zero-order valence-electron chi connectivity index (χ0n) is 18.2. The predicted molar refractivity (Wildman–Crippen MR) is 127 cm³/mol. The van der Waals surface area contributed by atoms with Gasteiger partial charge in [-0.25, -0.2) is 13.8 Å². The number of carbonyl (C=O) groups excluding carboxylic acids is 1. The molecule has 0 aliphatic rings. The van der Waals surface area contributed by atoms with E-state index in [0.717, 1.165) is 10.6 Å². The third kappa shape index (κ3) is 4.25. The second kappa shape index (κ2) is 9.40. The molecule has 0 atom stereocenters. The van der Waals surface area contributed by atoms with Crippen molar-refractivity contribution in [2.75, 3.05) is 19.5 Å². The van der Waals surface area contributed by atoms with Gasteiger partial charge >= 0.3 is 5.69 Å². The number of carbonyl (C=O) groups is 1. The fourth-order valence-corrected chi connectivity index (χ4v) is 3.76. The van der Waals surface area contributed by atoms with Crippen LogP contribution in [0, 0.1) is 5.82 Å². The number of hydrogen-bond donors (Lipinski definition) is 1. The van der Waals surface area contributed by atoms with Crippen molar-refractivity contribution in [1.29, 1.82) is 0 Å². The summed E-state index contributed by atoms with van der Waals surface area (Å²) in [5, 5.41) is 3.05. The monoisotopic (exact) mass is 483 g/mol. The van der Waals surface area contributed by atoms with Crippen molar-refractivity contribution in [3.63, 3.8) is 0 Å². The van der Waals surface area contributed by atoms with Gasteiger partial charge < -0.3 is 14.8 Å². The minimum atomic E-state index is -0.882. The molecule has 0 saturated heterocycles. The lowest BCUT2D eigenvalue weighted by atomic mass is 10.2. The van der Waals surface area contributed by atoms with Crippen LogP contribution in [0.4, 0.5) is 10.1 Å². The molecule has 34 heavy (non-hydrogen) atoms. The van der Waals surface area contributed by atoms with Crippen molar-refractivity contribution in [3.05, 3.63) is 92.3 Å². The first-order chi connectivity index (χ1) is 16.3. The van der Waals surface area contributed by atoms with Gasteiger partial charge in [0.05, 0.1) is 30.8 Å². The van der Waals surface area contributed by atoms with Gasteiger partial charge in [0.15, 0.2) is 11.5 Å². The SMILES string of the molecule is COc1ccc(NC(=O)Cn2c(=O)n(-c3ccccc3F)c(=O)c3ccc(Cl)cc32)cc1OC. The maximum absolute atomic E-state index is 14.5. The number of aromatic nitrogens is 2. The van der Waals surface area contributed by atoms with Crippen LogP contribution in [0.1, 0.15) is 0 Å². The number of benzene rings is 3. The first-order valence-electron chi connectivity index (χ1n) is 10.1. The van der Waals surface area contributed by atoms with Gasteiger partial charge in [-0.05, 0) is 42.5 Å². The molecule has 0 spiro atoms. The number of fused-ring (bicyclic) bond motifs is 1. The van der Waals surface area contributed by atoms with Crippen molar-refractivity contribution in [3.8, 4) is 17.2 Å². The van der Waals surface area contributed by atoms with Crippen molar-refractivity contribution in [2.24, 2.45) is 0 Å². The first kappa shape index (κ1) is 23.1. The fourth-order valence-electron chi connectivity index (χ4n) is 3.60. The Morgan fingerprint density at radius 1 is 1.00 bits per heavy atom. The molecule has 0 radical (unpaired) electrons. The number of ether oxygens (including phenoxy) is 2. The van der Waals surface area contributed by atoms with Gasteiger partial charge in [-0.1, -0.05) is 23.7 Å². The van der Waals surface area contributed by atoms with Crippen molar-refractivity contribution >= 4 is 34.1 Å². The molecule has 174 valence electrons. The second-order valence-corrected chi connectivity index (χ2v) is 7.68. The highest BCUT2D eigenvalue weighted by Crippen LogP contribution is 2.29. The Labute approximate surface area is 197 Å². The van der Waals surface area contributed by atoms with Crippen LogP contribution in [0.5, 0.6) is 11.5 Å². The summed E-state index contributed by atoms with van der Waals surface area (Å²) in [4.78, 5) is 39.3. The molecular weight excluding hydrogens is 465 g/mol. The summed E-state index contributed by atoms with van der Waals surface area (Å²) in [6.07, 6.45) is 0. The number of hydrogen-bond acceptors (Lipinski definition) is 5. The van der Waals surface area contributed by atoms with E-state index in [1.165, 1.54) is 50.6 Å². The highest BCUT2D eigenvalue weighted by molar-refractivity contribution is 6.31. The molecule has 10 heteroatoms. The summed E-state index contributed by atoms with van der Waals surface area (Å²) in [5.74, 6) is -0.428. The summed E-state index contributed by atoms with van der Waals surface area (Å²) in [7, 11) is 2.95. The third-order valence-electron chi connectivity index (χ3n) is 5.17. The average Bonchev–Trinajstić information content (AvgIpc) is 2.82. The van der Waals surface area contributed by atoms with E-state index in [9.17, 15) is 18.8 Å². The number of nitrogens with one attached hydrogen (secondary N) is 1. The summed E-state index contributed by atoms with van der Waals surface area (Å²) >= 11 is 6.10. The number of anilines is 1. The molecule has 1 amide bonds. The molecule has 1 heterocycles. The zero-order chi connectivity index (χ0) is 24.4. The Balaban J connectivity index is 1.81. The predicted octanol–water partition coefficient (Wildman–Crippen LogP) is 3.60. The topological polar surface area (TPSA) is 91.6 Å². The molecular formula is C24H19ClFN3O5. The minimum Gasteiger partial charge on any atom is -0.493 e. The quantitative estimate of drug-likeness (QED) is 0.452. The van der Waals surface area contributed by atoms with Crippen LogP contribution in [0.3, 0.4) is 0 Å². The van der Waals surface area contributed by atoms with Gasteiger partial charge in [-0.3, -0.25) is 14.2 Å². The van der Waals surface area contributed by atoms with E-state index in [2.05, 4.69) is 5.32 Å². The minimum absolute atomic E-state index is 0.103. The standard InChI is InChI=1S/C24H19ClFN3O5/c1-33-20-10-8-15(12-21(20)34-2)27-22(30)13-28-19-11-14(25)7-9-16(19)23(31)29(24(28)32)18-6-4-3-5-17(18)26/h3-12H,13H2,1-2H3,(H,27,30). The molecule has 0 aliphatic heterocycles. The lowest BCUT2D eigenvalue weighted by molar-refractivity contribution is -0.116. The largest absolute Gasteiger partial charge is 0.493 e. The van der Waals surface area contributed by atoms with Crippen LogP contribution in [-0.4, -0.2) is 29.3 Å². The third-order valence-corrected chi connectivity index (χ3v) is 5.40. The molecule has 1 N–H and O–H groups in total. The first-order valence-corrected chi connectivity index (χ1v) is 10.4. The molecule has 1 aromatic heterocycles. The smallest absolute Gasteiger partial charge is 0.336 e. The van der Waals surface area contributed by atoms with E-state index < -0.39 is 29.5 Å². The Kier molecular flexibility index (Phi) is 6.38. The molecule has 4 aromatic rings. The summed E-state index contributed by atoms with van der Waals surface area (Å²) in [5.41, 5.74) is -1.27. The highest BCUT2D eigenvalue weighted by atomic mass is 35.5. The van der Waals surface area contributed by atoms with Crippen molar-refractivity contribution in [2.45, 2.75) is 6.54 Å². The average molecular weight is 484 g/mol.